The quantitative estimate of drug-likeness (QED) is 0.147. The van der Waals surface area contributed by atoms with Gasteiger partial charge in [0.2, 0.25) is 0 Å². The maximum absolute atomic E-state index is 12.3. The minimum absolute atomic E-state index is 0.0103. The summed E-state index contributed by atoms with van der Waals surface area (Å²) in [5.41, 5.74) is 6.30. The van der Waals surface area contributed by atoms with Gasteiger partial charge in [0.1, 0.15) is 0 Å². The molecule has 0 radical (unpaired) electrons. The number of rotatable bonds is 6. The van der Waals surface area contributed by atoms with Crippen molar-refractivity contribution in [1.29, 1.82) is 0 Å². The van der Waals surface area contributed by atoms with Crippen LogP contribution in [-0.2, 0) is 5.75 Å². The Morgan fingerprint density at radius 1 is 1.16 bits per heavy atom. The molecular formula is C22H17ClN4O3S. The minimum atomic E-state index is -0.401. The Morgan fingerprint density at radius 3 is 2.68 bits per heavy atom. The van der Waals surface area contributed by atoms with Crippen LogP contribution in [0.1, 0.15) is 21.5 Å². The molecule has 4 aromatic rings. The summed E-state index contributed by atoms with van der Waals surface area (Å²) >= 11 is 7.38. The van der Waals surface area contributed by atoms with Crippen LogP contribution in [-0.4, -0.2) is 32.3 Å². The fourth-order valence-corrected chi connectivity index (χ4v) is 3.87. The number of H-pyrrole nitrogens is 1. The number of amides is 1. The lowest BCUT2D eigenvalue weighted by molar-refractivity contribution is 0.0955. The molecule has 0 aliphatic rings. The van der Waals surface area contributed by atoms with Crippen LogP contribution >= 0.6 is 23.4 Å². The fourth-order valence-electron chi connectivity index (χ4n) is 2.81. The van der Waals surface area contributed by atoms with Crippen molar-refractivity contribution in [2.45, 2.75) is 10.9 Å². The van der Waals surface area contributed by atoms with Crippen LogP contribution < -0.4 is 5.43 Å². The van der Waals surface area contributed by atoms with E-state index in [0.717, 1.165) is 21.8 Å². The van der Waals surface area contributed by atoms with Crippen molar-refractivity contribution in [1.82, 2.24) is 15.4 Å². The number of fused-ring (bicyclic) bond motifs is 1. The van der Waals surface area contributed by atoms with Gasteiger partial charge in [0.05, 0.1) is 22.3 Å². The molecule has 0 saturated carbocycles. The van der Waals surface area contributed by atoms with E-state index in [-0.39, 0.29) is 16.7 Å². The number of thioether (sulfide) groups is 1. The molecule has 3 aromatic carbocycles. The smallest absolute Gasteiger partial charge is 0.271 e. The van der Waals surface area contributed by atoms with E-state index in [2.05, 4.69) is 20.5 Å². The van der Waals surface area contributed by atoms with E-state index in [1.165, 1.54) is 18.3 Å². The number of phenolic OH excluding ortho intramolecular Hbond substituents is 2. The van der Waals surface area contributed by atoms with Crippen LogP contribution in [0.5, 0.6) is 11.5 Å². The molecule has 31 heavy (non-hydrogen) atoms. The molecule has 0 aliphatic heterocycles. The average molecular weight is 453 g/mol. The zero-order chi connectivity index (χ0) is 21.8. The van der Waals surface area contributed by atoms with Gasteiger partial charge < -0.3 is 15.2 Å². The third kappa shape index (κ3) is 4.99. The molecule has 0 fully saturated rings. The van der Waals surface area contributed by atoms with Gasteiger partial charge in [-0.3, -0.25) is 4.79 Å². The summed E-state index contributed by atoms with van der Waals surface area (Å²) < 4.78 is 0. The number of nitrogens with zero attached hydrogens (tertiary/aromatic N) is 2. The maximum atomic E-state index is 12.3. The van der Waals surface area contributed by atoms with Gasteiger partial charge in [0.25, 0.3) is 5.91 Å². The number of phenols is 2. The van der Waals surface area contributed by atoms with Crippen LogP contribution in [0.25, 0.3) is 11.0 Å². The van der Waals surface area contributed by atoms with Crippen LogP contribution in [0.4, 0.5) is 0 Å². The third-order valence-electron chi connectivity index (χ3n) is 4.40. The van der Waals surface area contributed by atoms with E-state index < -0.39 is 5.75 Å². The van der Waals surface area contributed by atoms with Gasteiger partial charge in [-0.2, -0.15) is 5.10 Å². The number of para-hydroxylation sites is 2. The molecule has 0 aliphatic carbocycles. The highest BCUT2D eigenvalue weighted by Crippen LogP contribution is 2.33. The standard InChI is InChI=1S/C22H17ClN4O3S/c23-16-9-14(10-19(28)20(16)29)11-24-27-21(30)15-7-5-13(6-8-15)12-31-22-25-17-3-1-2-4-18(17)26-22/h1-11,28-29H,12H2,(H,25,26)(H,27,30)/b24-11+. The Bertz CT molecular complexity index is 1220. The summed E-state index contributed by atoms with van der Waals surface area (Å²) in [6, 6.07) is 17.8. The Kier molecular flexibility index (Phi) is 6.11. The van der Waals surface area contributed by atoms with Crippen molar-refractivity contribution in [2.24, 2.45) is 5.10 Å². The van der Waals surface area contributed by atoms with Crippen molar-refractivity contribution < 1.29 is 15.0 Å². The van der Waals surface area contributed by atoms with E-state index in [1.54, 1.807) is 23.9 Å². The first-order chi connectivity index (χ1) is 15.0. The SMILES string of the molecule is O=C(N/N=C/c1cc(O)c(O)c(Cl)c1)c1ccc(CSc2nc3ccccc3[nH]2)cc1. The van der Waals surface area contributed by atoms with Crippen molar-refractivity contribution in [3.8, 4) is 11.5 Å². The number of carbonyl (C=O) groups excluding carboxylic acids is 1. The molecule has 0 saturated heterocycles. The number of imidazole rings is 1. The first-order valence-corrected chi connectivity index (χ1v) is 10.6. The Balaban J connectivity index is 1.33. The highest BCUT2D eigenvalue weighted by molar-refractivity contribution is 7.98. The summed E-state index contributed by atoms with van der Waals surface area (Å²) in [4.78, 5) is 20.1. The van der Waals surface area contributed by atoms with Crippen molar-refractivity contribution in [2.75, 3.05) is 0 Å². The first kappa shape index (κ1) is 20.8. The summed E-state index contributed by atoms with van der Waals surface area (Å²) in [6.07, 6.45) is 1.32. The lowest BCUT2D eigenvalue weighted by Crippen LogP contribution is -2.17. The normalized spacial score (nSPS) is 11.3. The average Bonchev–Trinajstić information content (AvgIpc) is 3.19. The molecule has 0 atom stereocenters. The predicted molar refractivity (Wildman–Crippen MR) is 122 cm³/mol. The molecule has 0 bridgehead atoms. The van der Waals surface area contributed by atoms with Gasteiger partial charge in [-0.15, -0.1) is 0 Å². The number of aromatic hydroxyl groups is 2. The van der Waals surface area contributed by atoms with E-state index in [4.69, 9.17) is 11.6 Å². The molecule has 0 spiro atoms. The summed E-state index contributed by atoms with van der Waals surface area (Å²) in [5.74, 6) is -0.426. The largest absolute Gasteiger partial charge is 0.504 e. The molecule has 9 heteroatoms. The second-order valence-corrected chi connectivity index (χ2v) is 7.99. The summed E-state index contributed by atoms with van der Waals surface area (Å²) in [5, 5.41) is 23.7. The topological polar surface area (TPSA) is 111 Å². The van der Waals surface area contributed by atoms with E-state index in [1.807, 2.05) is 36.4 Å². The van der Waals surface area contributed by atoms with Gasteiger partial charge in [-0.05, 0) is 47.5 Å². The molecule has 156 valence electrons. The third-order valence-corrected chi connectivity index (χ3v) is 5.64. The number of hydrogen-bond donors (Lipinski definition) is 4. The van der Waals surface area contributed by atoms with Crippen LogP contribution in [0.2, 0.25) is 5.02 Å². The molecule has 1 heterocycles. The molecule has 7 nitrogen and oxygen atoms in total. The van der Waals surface area contributed by atoms with Gasteiger partial charge in [0, 0.05) is 11.3 Å². The van der Waals surface area contributed by atoms with Crippen molar-refractivity contribution in [3.05, 3.63) is 82.4 Å². The Morgan fingerprint density at radius 2 is 1.94 bits per heavy atom. The van der Waals surface area contributed by atoms with E-state index in [9.17, 15) is 15.0 Å². The van der Waals surface area contributed by atoms with Gasteiger partial charge >= 0.3 is 0 Å². The predicted octanol–water partition coefficient (Wildman–Crippen LogP) is 4.68. The highest BCUT2D eigenvalue weighted by Gasteiger charge is 2.08. The van der Waals surface area contributed by atoms with E-state index >= 15 is 0 Å². The number of aromatic amines is 1. The maximum Gasteiger partial charge on any atom is 0.271 e. The van der Waals surface area contributed by atoms with Crippen molar-refractivity contribution in [3.63, 3.8) is 0 Å². The van der Waals surface area contributed by atoms with E-state index in [0.29, 0.717) is 16.9 Å². The number of aromatic nitrogens is 2. The second-order valence-electron chi connectivity index (χ2n) is 6.61. The zero-order valence-electron chi connectivity index (χ0n) is 16.0. The van der Waals surface area contributed by atoms with Gasteiger partial charge in [-0.1, -0.05) is 47.6 Å². The van der Waals surface area contributed by atoms with Crippen molar-refractivity contribution >= 4 is 46.5 Å². The molecule has 0 unspecified atom stereocenters. The van der Waals surface area contributed by atoms with Crippen LogP contribution in [0.15, 0.2) is 70.9 Å². The minimum Gasteiger partial charge on any atom is -0.504 e. The number of hydrogen-bond acceptors (Lipinski definition) is 6. The molecule has 1 aromatic heterocycles. The monoisotopic (exact) mass is 452 g/mol. The highest BCUT2D eigenvalue weighted by atomic mass is 35.5. The first-order valence-electron chi connectivity index (χ1n) is 9.21. The number of carbonyl (C=O) groups is 1. The Hall–Kier alpha value is -3.49. The molecule has 4 N–H and O–H groups in total. The molecular weight excluding hydrogens is 436 g/mol. The molecule has 1 amide bonds. The number of benzene rings is 3. The van der Waals surface area contributed by atoms with Crippen LogP contribution in [0, 0.1) is 0 Å². The van der Waals surface area contributed by atoms with Gasteiger partial charge in [-0.25, -0.2) is 10.4 Å². The van der Waals surface area contributed by atoms with Crippen LogP contribution in [0.3, 0.4) is 0 Å². The fraction of sp³-hybridized carbons (Fsp3) is 0.0455. The number of nitrogens with one attached hydrogen (secondary N) is 2. The van der Waals surface area contributed by atoms with Gasteiger partial charge in [0.15, 0.2) is 16.7 Å². The lowest BCUT2D eigenvalue weighted by Gasteiger charge is -2.03. The Labute approximate surface area is 186 Å². The summed E-state index contributed by atoms with van der Waals surface area (Å²) in [7, 11) is 0. The number of hydrazone groups is 1. The zero-order valence-corrected chi connectivity index (χ0v) is 17.6. The number of halogens is 1. The molecule has 4 rings (SSSR count). The summed E-state index contributed by atoms with van der Waals surface area (Å²) in [6.45, 7) is 0. The lowest BCUT2D eigenvalue weighted by atomic mass is 10.1. The second kappa shape index (κ2) is 9.11.